The predicted molar refractivity (Wildman–Crippen MR) is 68.6 cm³/mol. The molecule has 1 aromatic carbocycles. The number of nitrogens with one attached hydrogen (secondary N) is 1. The summed E-state index contributed by atoms with van der Waals surface area (Å²) in [5.41, 5.74) is 1.65. The zero-order chi connectivity index (χ0) is 10.7. The van der Waals surface area contributed by atoms with Crippen LogP contribution >= 0.6 is 35.3 Å². The Bertz CT molecular complexity index is 444. The molecule has 1 N–H and O–H groups in total. The lowest BCUT2D eigenvalue weighted by Gasteiger charge is -2.00. The highest BCUT2D eigenvalue weighted by molar-refractivity contribution is 7.13. The van der Waals surface area contributed by atoms with Gasteiger partial charge in [0.25, 0.3) is 0 Å². The molecule has 0 fully saturated rings. The van der Waals surface area contributed by atoms with Crippen molar-refractivity contribution in [3.8, 4) is 0 Å². The third-order valence-corrected chi connectivity index (χ3v) is 2.86. The standard InChI is InChI=1S/C10H8ClFN2S.ClH/c11-5-9-6-15-10(14-9)13-8-3-1-7(12)2-4-8;/h1-4,6H,5H2,(H,13,14);1H. The molecule has 2 rings (SSSR count). The van der Waals surface area contributed by atoms with Crippen molar-refractivity contribution < 1.29 is 4.39 Å². The number of rotatable bonds is 3. The van der Waals surface area contributed by atoms with Crippen LogP contribution in [0.15, 0.2) is 29.6 Å². The number of alkyl halides is 1. The maximum atomic E-state index is 12.6. The summed E-state index contributed by atoms with van der Waals surface area (Å²) in [5.74, 6) is 0.155. The lowest BCUT2D eigenvalue weighted by Crippen LogP contribution is -1.89. The van der Waals surface area contributed by atoms with Crippen molar-refractivity contribution in [2.24, 2.45) is 0 Å². The number of benzene rings is 1. The van der Waals surface area contributed by atoms with Gasteiger partial charge in [0.2, 0.25) is 0 Å². The highest BCUT2D eigenvalue weighted by Crippen LogP contribution is 2.21. The molecule has 16 heavy (non-hydrogen) atoms. The first-order valence-corrected chi connectivity index (χ1v) is 5.72. The number of anilines is 2. The van der Waals surface area contributed by atoms with E-state index in [0.29, 0.717) is 5.88 Å². The molecular formula is C10H9Cl2FN2S. The normalized spacial score (nSPS) is 9.62. The summed E-state index contributed by atoms with van der Waals surface area (Å²) in [6.45, 7) is 0. The van der Waals surface area contributed by atoms with Crippen molar-refractivity contribution in [2.75, 3.05) is 5.32 Å². The van der Waals surface area contributed by atoms with E-state index in [1.807, 2.05) is 5.38 Å². The predicted octanol–water partition coefficient (Wildman–Crippen LogP) is 4.19. The Balaban J connectivity index is 0.00000128. The summed E-state index contributed by atoms with van der Waals surface area (Å²) in [6.07, 6.45) is 0. The second-order valence-electron chi connectivity index (χ2n) is 2.91. The third kappa shape index (κ3) is 3.33. The van der Waals surface area contributed by atoms with Crippen LogP contribution in [0.1, 0.15) is 5.69 Å². The van der Waals surface area contributed by atoms with Crippen molar-refractivity contribution in [1.29, 1.82) is 0 Å². The van der Waals surface area contributed by atoms with Crippen LogP contribution in [0.25, 0.3) is 0 Å². The van der Waals surface area contributed by atoms with Crippen molar-refractivity contribution >= 4 is 46.2 Å². The Morgan fingerprint density at radius 2 is 2.00 bits per heavy atom. The average molecular weight is 279 g/mol. The van der Waals surface area contributed by atoms with Crippen molar-refractivity contribution in [1.82, 2.24) is 4.98 Å². The van der Waals surface area contributed by atoms with E-state index in [-0.39, 0.29) is 18.2 Å². The fraction of sp³-hybridized carbons (Fsp3) is 0.100. The molecule has 0 unspecified atom stereocenters. The highest BCUT2D eigenvalue weighted by atomic mass is 35.5. The van der Waals surface area contributed by atoms with Crippen molar-refractivity contribution in [2.45, 2.75) is 5.88 Å². The first kappa shape index (κ1) is 13.2. The Kier molecular flexibility index (Phi) is 4.99. The summed E-state index contributed by atoms with van der Waals surface area (Å²) in [5, 5.41) is 5.72. The van der Waals surface area contributed by atoms with E-state index < -0.39 is 0 Å². The quantitative estimate of drug-likeness (QED) is 0.852. The van der Waals surface area contributed by atoms with Gasteiger partial charge in [-0.25, -0.2) is 9.37 Å². The van der Waals surface area contributed by atoms with Crippen molar-refractivity contribution in [3.05, 3.63) is 41.2 Å². The molecule has 0 radical (unpaired) electrons. The molecule has 0 aliphatic rings. The topological polar surface area (TPSA) is 24.9 Å². The van der Waals surface area contributed by atoms with Gasteiger partial charge >= 0.3 is 0 Å². The first-order valence-electron chi connectivity index (χ1n) is 4.31. The monoisotopic (exact) mass is 278 g/mol. The Morgan fingerprint density at radius 3 is 2.56 bits per heavy atom. The van der Waals surface area contributed by atoms with Gasteiger partial charge in [-0.3, -0.25) is 0 Å². The molecule has 0 atom stereocenters. The van der Waals surface area contributed by atoms with E-state index in [4.69, 9.17) is 11.6 Å². The van der Waals surface area contributed by atoms with Gasteiger partial charge in [0, 0.05) is 11.1 Å². The zero-order valence-corrected chi connectivity index (χ0v) is 10.5. The number of nitrogens with zero attached hydrogens (tertiary/aromatic N) is 1. The second-order valence-corrected chi connectivity index (χ2v) is 4.03. The maximum Gasteiger partial charge on any atom is 0.187 e. The van der Waals surface area contributed by atoms with Gasteiger partial charge in [-0.05, 0) is 24.3 Å². The highest BCUT2D eigenvalue weighted by Gasteiger charge is 2.01. The molecule has 0 spiro atoms. The fourth-order valence-electron chi connectivity index (χ4n) is 1.08. The molecule has 0 saturated carbocycles. The van der Waals surface area contributed by atoms with E-state index in [1.165, 1.54) is 23.5 Å². The van der Waals surface area contributed by atoms with Crippen LogP contribution in [0, 0.1) is 5.82 Å². The molecule has 0 bridgehead atoms. The third-order valence-electron chi connectivity index (χ3n) is 1.78. The summed E-state index contributed by atoms with van der Waals surface area (Å²) < 4.78 is 12.6. The molecule has 1 heterocycles. The zero-order valence-electron chi connectivity index (χ0n) is 8.11. The molecule has 2 nitrogen and oxygen atoms in total. The van der Waals surface area contributed by atoms with Crippen LogP contribution in [0.3, 0.4) is 0 Å². The number of hydrogen-bond donors (Lipinski definition) is 1. The summed E-state index contributed by atoms with van der Waals surface area (Å²) in [6, 6.07) is 6.13. The van der Waals surface area contributed by atoms with Crippen LogP contribution < -0.4 is 5.32 Å². The van der Waals surface area contributed by atoms with Crippen molar-refractivity contribution in [3.63, 3.8) is 0 Å². The molecule has 6 heteroatoms. The maximum absolute atomic E-state index is 12.6. The van der Waals surface area contributed by atoms with Gasteiger partial charge in [-0.15, -0.1) is 35.3 Å². The van der Waals surface area contributed by atoms with Gasteiger partial charge in [0.15, 0.2) is 5.13 Å². The number of thiazole rings is 1. The molecular weight excluding hydrogens is 270 g/mol. The molecule has 0 aliphatic carbocycles. The summed E-state index contributed by atoms with van der Waals surface area (Å²) in [7, 11) is 0. The number of hydrogen-bond acceptors (Lipinski definition) is 3. The van der Waals surface area contributed by atoms with Crippen LogP contribution in [-0.4, -0.2) is 4.98 Å². The van der Waals surface area contributed by atoms with E-state index in [2.05, 4.69) is 10.3 Å². The molecule has 2 aromatic rings. The van der Waals surface area contributed by atoms with Gasteiger partial charge < -0.3 is 5.32 Å². The average Bonchev–Trinajstić information content (AvgIpc) is 2.69. The van der Waals surface area contributed by atoms with E-state index >= 15 is 0 Å². The minimum absolute atomic E-state index is 0. The van der Waals surface area contributed by atoms with Crippen LogP contribution in [0.4, 0.5) is 15.2 Å². The largest absolute Gasteiger partial charge is 0.332 e. The van der Waals surface area contributed by atoms with Crippen LogP contribution in [-0.2, 0) is 5.88 Å². The van der Waals surface area contributed by atoms with Gasteiger partial charge in [-0.2, -0.15) is 0 Å². The van der Waals surface area contributed by atoms with Gasteiger partial charge in [0.05, 0.1) is 11.6 Å². The lowest BCUT2D eigenvalue weighted by molar-refractivity contribution is 0.628. The molecule has 86 valence electrons. The smallest absolute Gasteiger partial charge is 0.187 e. The first-order chi connectivity index (χ1) is 7.28. The second kappa shape index (κ2) is 6.03. The molecule has 0 aliphatic heterocycles. The molecule has 1 aromatic heterocycles. The fourth-order valence-corrected chi connectivity index (χ4v) is 2.04. The number of aromatic nitrogens is 1. The summed E-state index contributed by atoms with van der Waals surface area (Å²) >= 11 is 7.10. The molecule has 0 saturated heterocycles. The summed E-state index contributed by atoms with van der Waals surface area (Å²) in [4.78, 5) is 4.23. The van der Waals surface area contributed by atoms with Crippen LogP contribution in [0.2, 0.25) is 0 Å². The van der Waals surface area contributed by atoms with E-state index in [0.717, 1.165) is 16.5 Å². The van der Waals surface area contributed by atoms with Gasteiger partial charge in [-0.1, -0.05) is 0 Å². The lowest BCUT2D eigenvalue weighted by atomic mass is 10.3. The molecule has 0 amide bonds. The van der Waals surface area contributed by atoms with Crippen LogP contribution in [0.5, 0.6) is 0 Å². The SMILES string of the molecule is Cl.Fc1ccc(Nc2nc(CCl)cs2)cc1. The van der Waals surface area contributed by atoms with Gasteiger partial charge in [0.1, 0.15) is 5.82 Å². The Morgan fingerprint density at radius 1 is 1.31 bits per heavy atom. The van der Waals surface area contributed by atoms with E-state index in [1.54, 1.807) is 12.1 Å². The Hall–Kier alpha value is -0.840. The number of halogens is 3. The minimum Gasteiger partial charge on any atom is -0.332 e. The Labute approximate surface area is 108 Å². The van der Waals surface area contributed by atoms with E-state index in [9.17, 15) is 4.39 Å². The minimum atomic E-state index is -0.249.